The van der Waals surface area contributed by atoms with Crippen LogP contribution in [-0.4, -0.2) is 95.2 Å². The van der Waals surface area contributed by atoms with E-state index in [0.717, 1.165) is 51.4 Å². The number of aliphatic hydroxyl groups excluding tert-OH is 1. The van der Waals surface area contributed by atoms with E-state index in [1.54, 1.807) is 62.3 Å². The minimum atomic E-state index is -1.62. The molecule has 74 heavy (non-hydrogen) atoms. The van der Waals surface area contributed by atoms with E-state index in [9.17, 15) is 29.1 Å². The monoisotopic (exact) mass is 1040 g/mol. The third-order valence-corrected chi connectivity index (χ3v) is 19.2. The minimum Gasteiger partial charge on any atom is -0.463 e. The molecule has 0 aromatic carbocycles. The van der Waals surface area contributed by atoms with Crippen molar-refractivity contribution >= 4 is 41.8 Å². The molecule has 0 aromatic heterocycles. The summed E-state index contributed by atoms with van der Waals surface area (Å²) in [5.74, 6) is -2.35. The average Bonchev–Trinajstić information content (AvgIpc) is 4.13. The summed E-state index contributed by atoms with van der Waals surface area (Å²) in [7, 11) is 0. The van der Waals surface area contributed by atoms with Gasteiger partial charge in [0.2, 0.25) is 6.10 Å². The van der Waals surface area contributed by atoms with Gasteiger partial charge in [0.15, 0.2) is 6.61 Å². The van der Waals surface area contributed by atoms with Crippen LogP contribution in [0.25, 0.3) is 0 Å². The van der Waals surface area contributed by atoms with Crippen molar-refractivity contribution in [2.75, 3.05) is 13.2 Å². The van der Waals surface area contributed by atoms with Gasteiger partial charge in [-0.1, -0.05) is 19.1 Å². The van der Waals surface area contributed by atoms with Gasteiger partial charge in [0, 0.05) is 12.3 Å². The van der Waals surface area contributed by atoms with Crippen molar-refractivity contribution < 1.29 is 71.8 Å². The molecular formula is C59H88O15. The van der Waals surface area contributed by atoms with Crippen molar-refractivity contribution in [2.45, 2.75) is 215 Å². The molecule has 1 N–H and O–H groups in total. The fourth-order valence-electron chi connectivity index (χ4n) is 16.2. The Morgan fingerprint density at radius 1 is 0.716 bits per heavy atom. The lowest BCUT2D eigenvalue weighted by Gasteiger charge is -2.59. The molecule has 15 nitrogen and oxygen atoms in total. The number of hydrogen-bond donors (Lipinski definition) is 1. The summed E-state index contributed by atoms with van der Waals surface area (Å²) >= 11 is 0. The molecule has 0 spiro atoms. The number of fused-ring (bicyclic) bond motifs is 4. The van der Waals surface area contributed by atoms with E-state index in [1.165, 1.54) is 6.42 Å². The number of allylic oxidation sites excluding steroid dienone is 2. The van der Waals surface area contributed by atoms with Crippen LogP contribution in [0.5, 0.6) is 0 Å². The number of esters is 7. The first-order valence-electron chi connectivity index (χ1n) is 28.1. The average molecular weight is 1040 g/mol. The van der Waals surface area contributed by atoms with Crippen molar-refractivity contribution in [3.8, 4) is 0 Å². The van der Waals surface area contributed by atoms with Crippen LogP contribution in [0, 0.1) is 87.3 Å². The second-order valence-electron chi connectivity index (χ2n) is 28.1. The molecule has 9 rings (SSSR count). The molecule has 7 saturated carbocycles. The number of ether oxygens (including phenoxy) is 7. The van der Waals surface area contributed by atoms with Crippen LogP contribution in [0.1, 0.15) is 179 Å². The maximum Gasteiger partial charge on any atom is 0.347 e. The van der Waals surface area contributed by atoms with Gasteiger partial charge in [0.25, 0.3) is 0 Å². The van der Waals surface area contributed by atoms with E-state index >= 15 is 9.59 Å². The molecule has 13 unspecified atom stereocenters. The van der Waals surface area contributed by atoms with Gasteiger partial charge in [-0.25, -0.2) is 9.59 Å². The lowest BCUT2D eigenvalue weighted by molar-refractivity contribution is -0.215. The normalized spacial score (nSPS) is 36.1. The first-order chi connectivity index (χ1) is 34.3. The zero-order valence-electron chi connectivity index (χ0n) is 46.5. The number of hydrogen-bond acceptors (Lipinski definition) is 15. The number of cyclic esters (lactones) is 1. The molecule has 8 aliphatic carbocycles. The Balaban J connectivity index is 1.05. The fraction of sp³-hybridized carbons (Fsp3) is 0.847. The molecule has 1 heterocycles. The summed E-state index contributed by atoms with van der Waals surface area (Å²) in [5.41, 5.74) is -6.59. The smallest absolute Gasteiger partial charge is 0.347 e. The van der Waals surface area contributed by atoms with Crippen molar-refractivity contribution in [1.82, 2.24) is 0 Å². The highest BCUT2D eigenvalue weighted by atomic mass is 16.6. The van der Waals surface area contributed by atoms with Crippen LogP contribution in [0.2, 0.25) is 0 Å². The minimum absolute atomic E-state index is 0.0297. The number of carbonyl (C=O) groups is 7. The van der Waals surface area contributed by atoms with E-state index in [1.807, 2.05) is 6.92 Å². The fourth-order valence-corrected chi connectivity index (χ4v) is 16.2. The van der Waals surface area contributed by atoms with E-state index in [2.05, 4.69) is 26.0 Å². The zero-order chi connectivity index (χ0) is 54.1. The molecule has 414 valence electrons. The van der Waals surface area contributed by atoms with Gasteiger partial charge in [0.05, 0.1) is 41.8 Å². The van der Waals surface area contributed by atoms with Gasteiger partial charge in [-0.2, -0.15) is 0 Å². The van der Waals surface area contributed by atoms with Gasteiger partial charge in [-0.15, -0.1) is 0 Å². The number of carbonyl (C=O) groups excluding carboxylic acids is 7. The van der Waals surface area contributed by atoms with Crippen molar-refractivity contribution in [2.24, 2.45) is 87.3 Å². The number of aliphatic hydroxyl groups is 1. The van der Waals surface area contributed by atoms with Crippen LogP contribution in [-0.2, 0) is 66.7 Å². The topological polar surface area (TPSA) is 204 Å². The second-order valence-corrected chi connectivity index (χ2v) is 28.1. The highest BCUT2D eigenvalue weighted by Crippen LogP contribution is 2.63. The third kappa shape index (κ3) is 12.2. The summed E-state index contributed by atoms with van der Waals surface area (Å²) in [6.45, 7) is 21.1. The van der Waals surface area contributed by atoms with Gasteiger partial charge in [-0.05, 0) is 218 Å². The summed E-state index contributed by atoms with van der Waals surface area (Å²) in [6.07, 6.45) is 9.68. The largest absolute Gasteiger partial charge is 0.463 e. The zero-order valence-corrected chi connectivity index (χ0v) is 46.5. The Bertz CT molecular complexity index is 2170. The lowest BCUT2D eigenvalue weighted by atomic mass is 9.50. The van der Waals surface area contributed by atoms with Gasteiger partial charge < -0.3 is 38.3 Å². The van der Waals surface area contributed by atoms with Gasteiger partial charge >= 0.3 is 41.8 Å². The molecule has 0 radical (unpaired) electrons. The van der Waals surface area contributed by atoms with E-state index in [-0.39, 0.29) is 92.0 Å². The van der Waals surface area contributed by atoms with E-state index in [0.29, 0.717) is 24.2 Å². The lowest BCUT2D eigenvalue weighted by Crippen LogP contribution is -2.59. The first-order valence-corrected chi connectivity index (χ1v) is 28.1. The SMILES string of the molecule is CC1C2CC(C(O)CC(=O)OC(C)(C)C)C(C2)C1CC(C)(CC(C)(CC(C)(C)C(=O)OCC(=O)OC(CC(=O)OC(C)(C)C)C1CC2C=CC1C2)C(=O)OC1CCOC1=O)C(=O)OC1(C)C2CC3CC(C2)CC1C3. The van der Waals surface area contributed by atoms with Crippen LogP contribution in [0.4, 0.5) is 0 Å². The standard InChI is InChI=1S/C59H88O15/c1-32-37-24-41(42(25-37)44(60)26-47(61)72-54(2,3)4)43(32)28-57(10,53(67)74-59(12)38-19-34-17-35(21-38)22-39(59)20-34)31-58(11,52(66)71-45-15-16-68-50(45)64)30-56(8,9)51(65)69-29-49(63)70-46(27-48(62)73-55(5,6)7)40-23-33-13-14-36(40)18-33/h13-14,32-46,60H,15-31H2,1-12H3. The highest BCUT2D eigenvalue weighted by molar-refractivity contribution is 5.86. The van der Waals surface area contributed by atoms with Crippen molar-refractivity contribution in [1.29, 1.82) is 0 Å². The Morgan fingerprint density at radius 3 is 1.88 bits per heavy atom. The van der Waals surface area contributed by atoms with Crippen LogP contribution in [0.3, 0.4) is 0 Å². The summed E-state index contributed by atoms with van der Waals surface area (Å²) < 4.78 is 41.1. The Labute approximate surface area is 439 Å². The summed E-state index contributed by atoms with van der Waals surface area (Å²) in [4.78, 5) is 97.6. The quantitative estimate of drug-likeness (QED) is 0.0686. The molecule has 8 bridgehead atoms. The molecule has 0 amide bonds. The van der Waals surface area contributed by atoms with Crippen molar-refractivity contribution in [3.05, 3.63) is 12.2 Å². The van der Waals surface area contributed by atoms with Crippen LogP contribution in [0.15, 0.2) is 12.2 Å². The number of rotatable bonds is 20. The molecule has 8 fully saturated rings. The van der Waals surface area contributed by atoms with E-state index < -0.39 is 99.8 Å². The van der Waals surface area contributed by atoms with Crippen LogP contribution < -0.4 is 0 Å². The Kier molecular flexibility index (Phi) is 15.8. The molecule has 13 atom stereocenters. The molecule has 0 aromatic rings. The maximum absolute atomic E-state index is 15.7. The van der Waals surface area contributed by atoms with Gasteiger partial charge in [-0.3, -0.25) is 24.0 Å². The summed E-state index contributed by atoms with van der Waals surface area (Å²) in [5, 5.41) is 11.7. The predicted octanol–water partition coefficient (Wildman–Crippen LogP) is 9.21. The Morgan fingerprint density at radius 2 is 1.34 bits per heavy atom. The predicted molar refractivity (Wildman–Crippen MR) is 270 cm³/mol. The Hall–Kier alpha value is -4.01. The van der Waals surface area contributed by atoms with Gasteiger partial charge in [0.1, 0.15) is 22.9 Å². The molecular weight excluding hydrogens is 949 g/mol. The molecule has 9 aliphatic rings. The summed E-state index contributed by atoms with van der Waals surface area (Å²) in [6, 6.07) is 0. The second kappa shape index (κ2) is 20.7. The van der Waals surface area contributed by atoms with Crippen LogP contribution >= 0.6 is 0 Å². The maximum atomic E-state index is 15.7. The highest BCUT2D eigenvalue weighted by Gasteiger charge is 2.61. The van der Waals surface area contributed by atoms with E-state index in [4.69, 9.17) is 33.2 Å². The third-order valence-electron chi connectivity index (χ3n) is 19.2. The molecule has 1 aliphatic heterocycles. The first kappa shape index (κ1) is 56.2. The molecule has 1 saturated heterocycles. The molecule has 15 heteroatoms. The van der Waals surface area contributed by atoms with Crippen molar-refractivity contribution in [3.63, 3.8) is 0 Å².